The van der Waals surface area contributed by atoms with Gasteiger partial charge in [-0.05, 0) is 18.2 Å². The molecular weight excluding hydrogens is 383 g/mol. The summed E-state index contributed by atoms with van der Waals surface area (Å²) in [5.74, 6) is -0.503. The van der Waals surface area contributed by atoms with Crippen molar-refractivity contribution in [1.29, 1.82) is 0 Å². The molecule has 0 aromatic heterocycles. The van der Waals surface area contributed by atoms with Gasteiger partial charge in [0.15, 0.2) is 5.78 Å². The molecule has 1 aliphatic rings. The van der Waals surface area contributed by atoms with Crippen molar-refractivity contribution in [3.05, 3.63) is 39.3 Å². The van der Waals surface area contributed by atoms with E-state index in [1.54, 1.807) is 39.0 Å². The Morgan fingerprint density at radius 2 is 1.84 bits per heavy atom. The third kappa shape index (κ3) is 5.49. The number of anilines is 1. The maximum absolute atomic E-state index is 12.3. The Bertz CT molecular complexity index is 737. The minimum Gasteiger partial charge on any atom is -0.324 e. The second kappa shape index (κ2) is 7.81. The van der Waals surface area contributed by atoms with Crippen LogP contribution in [-0.4, -0.2) is 34.8 Å². The number of carbonyl (C=O) groups excluding carboxylic acids is 3. The lowest BCUT2D eigenvalue weighted by Crippen LogP contribution is -2.34. The van der Waals surface area contributed by atoms with Crippen LogP contribution in [0, 0.1) is 5.41 Å². The maximum Gasteiger partial charge on any atom is 0.244 e. The van der Waals surface area contributed by atoms with Gasteiger partial charge in [-0.15, -0.1) is 0 Å². The van der Waals surface area contributed by atoms with Crippen molar-refractivity contribution in [2.45, 2.75) is 20.8 Å². The molecular formula is C17H18Cl2N2O3S. The first-order valence-corrected chi connectivity index (χ1v) is 9.25. The summed E-state index contributed by atoms with van der Waals surface area (Å²) in [6.45, 7) is 5.22. The monoisotopic (exact) mass is 400 g/mol. The minimum atomic E-state index is -0.551. The topological polar surface area (TPSA) is 66.5 Å². The number of ketones is 1. The van der Waals surface area contributed by atoms with Gasteiger partial charge in [0.25, 0.3) is 0 Å². The van der Waals surface area contributed by atoms with Crippen LogP contribution in [0.15, 0.2) is 29.3 Å². The molecule has 0 bridgehead atoms. The molecule has 25 heavy (non-hydrogen) atoms. The highest BCUT2D eigenvalue weighted by Gasteiger charge is 2.30. The van der Waals surface area contributed by atoms with Gasteiger partial charge in [0.2, 0.25) is 11.8 Å². The highest BCUT2D eigenvalue weighted by atomic mass is 35.5. The molecule has 0 aliphatic carbocycles. The van der Waals surface area contributed by atoms with E-state index in [0.717, 1.165) is 0 Å². The lowest BCUT2D eigenvalue weighted by molar-refractivity contribution is -0.129. The van der Waals surface area contributed by atoms with Crippen molar-refractivity contribution in [1.82, 2.24) is 4.90 Å². The van der Waals surface area contributed by atoms with Crippen molar-refractivity contribution in [2.75, 3.05) is 17.6 Å². The summed E-state index contributed by atoms with van der Waals surface area (Å²) >= 11 is 13.1. The third-order valence-electron chi connectivity index (χ3n) is 3.35. The quantitative estimate of drug-likeness (QED) is 0.776. The molecule has 1 saturated heterocycles. The number of allylic oxidation sites excluding steroid dienone is 1. The first-order valence-electron chi connectivity index (χ1n) is 7.51. The summed E-state index contributed by atoms with van der Waals surface area (Å²) < 4.78 is 0. The van der Waals surface area contributed by atoms with Crippen molar-refractivity contribution in [3.8, 4) is 0 Å². The van der Waals surface area contributed by atoms with Gasteiger partial charge in [-0.25, -0.2) is 0 Å². The van der Waals surface area contributed by atoms with Gasteiger partial charge in [0, 0.05) is 27.2 Å². The second-order valence-electron chi connectivity index (χ2n) is 6.57. The Kier molecular flexibility index (Phi) is 6.19. The van der Waals surface area contributed by atoms with Gasteiger partial charge < -0.3 is 5.32 Å². The lowest BCUT2D eigenvalue weighted by Gasteiger charge is -2.19. The zero-order valence-corrected chi connectivity index (χ0v) is 16.4. The fraction of sp³-hybridized carbons (Fsp3) is 0.353. The van der Waals surface area contributed by atoms with E-state index in [1.165, 1.54) is 22.7 Å². The average molecular weight is 401 g/mol. The summed E-state index contributed by atoms with van der Waals surface area (Å²) in [6.07, 6.45) is 1.43. The molecule has 0 radical (unpaired) electrons. The number of benzene rings is 1. The van der Waals surface area contributed by atoms with Gasteiger partial charge in [-0.3, -0.25) is 19.3 Å². The van der Waals surface area contributed by atoms with Crippen molar-refractivity contribution < 1.29 is 14.4 Å². The molecule has 1 aromatic carbocycles. The van der Waals surface area contributed by atoms with Crippen LogP contribution < -0.4 is 5.32 Å². The molecule has 1 N–H and O–H groups in total. The van der Waals surface area contributed by atoms with E-state index in [1.807, 2.05) is 0 Å². The predicted octanol–water partition coefficient (Wildman–Crippen LogP) is 3.96. The molecule has 0 spiro atoms. The molecule has 0 saturated carbocycles. The molecule has 5 nitrogen and oxygen atoms in total. The summed E-state index contributed by atoms with van der Waals surface area (Å²) in [6, 6.07) is 4.68. The summed E-state index contributed by atoms with van der Waals surface area (Å²) in [5, 5.41) is 3.93. The zero-order chi connectivity index (χ0) is 18.8. The Balaban J connectivity index is 2.10. The summed E-state index contributed by atoms with van der Waals surface area (Å²) in [4.78, 5) is 37.8. The summed E-state index contributed by atoms with van der Waals surface area (Å²) in [5.41, 5.74) is -0.108. The Labute approximate surface area is 160 Å². The van der Waals surface area contributed by atoms with Crippen LogP contribution in [0.1, 0.15) is 20.8 Å². The van der Waals surface area contributed by atoms with Crippen LogP contribution in [-0.2, 0) is 14.4 Å². The van der Waals surface area contributed by atoms with Crippen LogP contribution in [0.25, 0.3) is 0 Å². The smallest absolute Gasteiger partial charge is 0.244 e. The number of nitrogens with zero attached hydrogens (tertiary/aromatic N) is 1. The number of nitrogens with one attached hydrogen (secondary N) is 1. The van der Waals surface area contributed by atoms with E-state index in [2.05, 4.69) is 5.32 Å². The Hall–Kier alpha value is -1.50. The van der Waals surface area contributed by atoms with E-state index < -0.39 is 11.3 Å². The lowest BCUT2D eigenvalue weighted by atomic mass is 9.91. The summed E-state index contributed by atoms with van der Waals surface area (Å²) in [7, 11) is 0. The molecule has 0 unspecified atom stereocenters. The maximum atomic E-state index is 12.3. The Morgan fingerprint density at radius 3 is 2.40 bits per heavy atom. The van der Waals surface area contributed by atoms with E-state index >= 15 is 0 Å². The number of hydrogen-bond donors (Lipinski definition) is 1. The molecule has 2 rings (SSSR count). The van der Waals surface area contributed by atoms with Gasteiger partial charge in [-0.2, -0.15) is 0 Å². The standard InChI is InChI=1S/C17H18Cl2N2O3S/c1-17(2,3)13(22)7-16-21(15(24)9-25-16)8-14(23)20-12-5-10(18)4-11(19)6-12/h4-7H,8-9H2,1-3H3,(H,20,23)/b16-7-. The fourth-order valence-corrected chi connectivity index (χ4v) is 3.46. The normalized spacial score (nSPS) is 16.4. The SMILES string of the molecule is CC(C)(C)C(=O)/C=C1\SCC(=O)N1CC(=O)Nc1cc(Cl)cc(Cl)c1. The molecule has 1 heterocycles. The number of rotatable bonds is 4. The van der Waals surface area contributed by atoms with Gasteiger partial charge in [0.1, 0.15) is 6.54 Å². The molecule has 134 valence electrons. The molecule has 1 fully saturated rings. The third-order valence-corrected chi connectivity index (χ3v) is 4.81. The van der Waals surface area contributed by atoms with Crippen LogP contribution in [0.2, 0.25) is 10.0 Å². The van der Waals surface area contributed by atoms with E-state index in [9.17, 15) is 14.4 Å². The number of thioether (sulfide) groups is 1. The van der Waals surface area contributed by atoms with Crippen molar-refractivity contribution in [2.24, 2.45) is 5.41 Å². The molecule has 8 heteroatoms. The average Bonchev–Trinajstić information content (AvgIpc) is 2.78. The fourth-order valence-electron chi connectivity index (χ4n) is 2.00. The minimum absolute atomic E-state index is 0.100. The Morgan fingerprint density at radius 1 is 1.24 bits per heavy atom. The van der Waals surface area contributed by atoms with E-state index in [0.29, 0.717) is 20.8 Å². The van der Waals surface area contributed by atoms with E-state index in [-0.39, 0.29) is 24.0 Å². The van der Waals surface area contributed by atoms with Gasteiger partial charge in [0.05, 0.1) is 10.8 Å². The number of amides is 2. The molecule has 2 amide bonds. The van der Waals surface area contributed by atoms with Crippen LogP contribution in [0.5, 0.6) is 0 Å². The largest absolute Gasteiger partial charge is 0.324 e. The highest BCUT2D eigenvalue weighted by molar-refractivity contribution is 8.04. The van der Waals surface area contributed by atoms with E-state index in [4.69, 9.17) is 23.2 Å². The highest BCUT2D eigenvalue weighted by Crippen LogP contribution is 2.30. The number of halogens is 2. The molecule has 1 aromatic rings. The molecule has 0 atom stereocenters. The van der Waals surface area contributed by atoms with Crippen LogP contribution in [0.4, 0.5) is 5.69 Å². The molecule has 1 aliphatic heterocycles. The second-order valence-corrected chi connectivity index (χ2v) is 8.44. The first-order chi connectivity index (χ1) is 11.6. The number of carbonyl (C=O) groups is 3. The van der Waals surface area contributed by atoms with Gasteiger partial charge >= 0.3 is 0 Å². The van der Waals surface area contributed by atoms with Crippen molar-refractivity contribution >= 4 is 58.2 Å². The predicted molar refractivity (Wildman–Crippen MR) is 102 cm³/mol. The van der Waals surface area contributed by atoms with Crippen LogP contribution in [0.3, 0.4) is 0 Å². The van der Waals surface area contributed by atoms with Crippen molar-refractivity contribution in [3.63, 3.8) is 0 Å². The number of hydrogen-bond acceptors (Lipinski definition) is 4. The zero-order valence-electron chi connectivity index (χ0n) is 14.1. The van der Waals surface area contributed by atoms with Gasteiger partial charge in [-0.1, -0.05) is 55.7 Å². The first kappa shape index (κ1) is 19.8. The van der Waals surface area contributed by atoms with Crippen LogP contribution >= 0.6 is 35.0 Å².